The van der Waals surface area contributed by atoms with Crippen molar-refractivity contribution < 1.29 is 14.2 Å². The molecule has 0 bridgehead atoms. The predicted octanol–water partition coefficient (Wildman–Crippen LogP) is 3.27. The first kappa shape index (κ1) is 15.9. The van der Waals surface area contributed by atoms with Crippen LogP contribution in [-0.4, -0.2) is 31.3 Å². The van der Waals surface area contributed by atoms with E-state index in [1.54, 1.807) is 21.3 Å². The Morgan fingerprint density at radius 1 is 0.875 bits per heavy atom. The van der Waals surface area contributed by atoms with E-state index in [1.165, 1.54) is 0 Å². The summed E-state index contributed by atoms with van der Waals surface area (Å²) in [4.78, 5) is 9.06. The third-order valence-electron chi connectivity index (χ3n) is 3.67. The van der Waals surface area contributed by atoms with Crippen LogP contribution >= 0.6 is 0 Å². The number of nitrogens with zero attached hydrogens (tertiary/aromatic N) is 2. The molecule has 0 spiro atoms. The Balaban J connectivity index is 1.87. The molecule has 24 heavy (non-hydrogen) atoms. The molecule has 3 aromatic rings. The number of rotatable bonds is 6. The minimum Gasteiger partial charge on any atom is -0.497 e. The maximum absolute atomic E-state index is 5.42. The number of hydrogen-bond acceptors (Lipinski definition) is 6. The summed E-state index contributed by atoms with van der Waals surface area (Å²) >= 11 is 0. The zero-order chi connectivity index (χ0) is 16.9. The molecular formula is C18H19N3O3. The number of anilines is 1. The number of nitrogens with one attached hydrogen (secondary N) is 1. The maximum atomic E-state index is 5.42. The summed E-state index contributed by atoms with van der Waals surface area (Å²) in [5.74, 6) is 2.54. The van der Waals surface area contributed by atoms with Crippen LogP contribution in [0.25, 0.3) is 11.0 Å². The zero-order valence-corrected chi connectivity index (χ0v) is 13.9. The molecule has 1 aromatic heterocycles. The highest BCUT2D eigenvalue weighted by atomic mass is 16.5. The van der Waals surface area contributed by atoms with E-state index < -0.39 is 0 Å². The van der Waals surface area contributed by atoms with Crippen molar-refractivity contribution in [2.45, 2.75) is 6.54 Å². The van der Waals surface area contributed by atoms with Crippen LogP contribution in [-0.2, 0) is 6.54 Å². The second kappa shape index (κ2) is 7.04. The number of para-hydroxylation sites is 2. The summed E-state index contributed by atoms with van der Waals surface area (Å²) in [7, 11) is 4.84. The van der Waals surface area contributed by atoms with Gasteiger partial charge in [0, 0.05) is 18.2 Å². The highest BCUT2D eigenvalue weighted by Crippen LogP contribution is 2.27. The van der Waals surface area contributed by atoms with Crippen LogP contribution in [0, 0.1) is 0 Å². The van der Waals surface area contributed by atoms with Crippen molar-refractivity contribution in [3.8, 4) is 17.4 Å². The third-order valence-corrected chi connectivity index (χ3v) is 3.67. The fourth-order valence-corrected chi connectivity index (χ4v) is 2.42. The summed E-state index contributed by atoms with van der Waals surface area (Å²) < 4.78 is 16.0. The molecule has 124 valence electrons. The van der Waals surface area contributed by atoms with Crippen molar-refractivity contribution >= 4 is 16.9 Å². The van der Waals surface area contributed by atoms with Crippen molar-refractivity contribution in [3.05, 3.63) is 48.0 Å². The van der Waals surface area contributed by atoms with Crippen molar-refractivity contribution in [3.63, 3.8) is 0 Å². The van der Waals surface area contributed by atoms with Crippen molar-refractivity contribution in [1.82, 2.24) is 9.97 Å². The topological polar surface area (TPSA) is 65.5 Å². The second-order valence-corrected chi connectivity index (χ2v) is 5.10. The molecule has 0 amide bonds. The fourth-order valence-electron chi connectivity index (χ4n) is 2.42. The van der Waals surface area contributed by atoms with Gasteiger partial charge in [0.1, 0.15) is 11.5 Å². The second-order valence-electron chi connectivity index (χ2n) is 5.10. The normalized spacial score (nSPS) is 10.5. The van der Waals surface area contributed by atoms with Crippen molar-refractivity contribution in [2.24, 2.45) is 0 Å². The maximum Gasteiger partial charge on any atom is 0.257 e. The van der Waals surface area contributed by atoms with Crippen LogP contribution in [0.3, 0.4) is 0 Å². The highest BCUT2D eigenvalue weighted by Gasteiger charge is 2.11. The largest absolute Gasteiger partial charge is 0.497 e. The van der Waals surface area contributed by atoms with Gasteiger partial charge in [-0.1, -0.05) is 12.1 Å². The van der Waals surface area contributed by atoms with Crippen LogP contribution in [0.15, 0.2) is 42.5 Å². The van der Waals surface area contributed by atoms with E-state index in [1.807, 2.05) is 42.5 Å². The average Bonchev–Trinajstić information content (AvgIpc) is 2.65. The molecule has 0 aliphatic heterocycles. The standard InChI is InChI=1S/C18H19N3O3/c1-22-13-9-8-12(16(10-13)23-2)11-19-17-18(24-3)21-15-7-5-4-6-14(15)20-17/h4-10H,11H2,1-3H3,(H,19,20). The van der Waals surface area contributed by atoms with E-state index >= 15 is 0 Å². The van der Waals surface area contributed by atoms with Crippen LogP contribution < -0.4 is 19.5 Å². The van der Waals surface area contributed by atoms with Crippen LogP contribution in [0.4, 0.5) is 5.82 Å². The lowest BCUT2D eigenvalue weighted by Gasteiger charge is -2.13. The third kappa shape index (κ3) is 3.17. The van der Waals surface area contributed by atoms with Crippen molar-refractivity contribution in [1.29, 1.82) is 0 Å². The van der Waals surface area contributed by atoms with Crippen LogP contribution in [0.1, 0.15) is 5.56 Å². The molecule has 0 atom stereocenters. The summed E-state index contributed by atoms with van der Waals surface area (Å²) in [6.45, 7) is 0.524. The smallest absolute Gasteiger partial charge is 0.257 e. The first-order valence-corrected chi connectivity index (χ1v) is 7.50. The number of methoxy groups -OCH3 is 3. The van der Waals surface area contributed by atoms with E-state index in [4.69, 9.17) is 14.2 Å². The Kier molecular flexibility index (Phi) is 4.65. The molecule has 0 fully saturated rings. The lowest BCUT2D eigenvalue weighted by Crippen LogP contribution is -2.06. The van der Waals surface area contributed by atoms with E-state index in [2.05, 4.69) is 15.3 Å². The molecule has 0 aliphatic rings. The Morgan fingerprint density at radius 3 is 2.29 bits per heavy atom. The SMILES string of the molecule is COc1ccc(CNc2nc3ccccc3nc2OC)c(OC)c1. The number of fused-ring (bicyclic) bond motifs is 1. The molecule has 6 nitrogen and oxygen atoms in total. The van der Waals surface area contributed by atoms with E-state index in [9.17, 15) is 0 Å². The summed E-state index contributed by atoms with van der Waals surface area (Å²) in [5, 5.41) is 3.27. The van der Waals surface area contributed by atoms with Gasteiger partial charge in [-0.2, -0.15) is 0 Å². The number of aromatic nitrogens is 2. The molecule has 3 rings (SSSR count). The monoisotopic (exact) mass is 325 g/mol. The Morgan fingerprint density at radius 2 is 1.62 bits per heavy atom. The van der Waals surface area contributed by atoms with Gasteiger partial charge in [-0.3, -0.25) is 0 Å². The Labute approximate surface area is 140 Å². The van der Waals surface area contributed by atoms with Gasteiger partial charge in [-0.15, -0.1) is 0 Å². The summed E-state index contributed by atoms with van der Waals surface area (Å²) in [6, 6.07) is 13.4. The van der Waals surface area contributed by atoms with Gasteiger partial charge in [0.05, 0.1) is 32.4 Å². The number of ether oxygens (including phenoxy) is 3. The molecule has 0 saturated carbocycles. The molecule has 0 saturated heterocycles. The lowest BCUT2D eigenvalue weighted by molar-refractivity contribution is 0.391. The molecule has 0 radical (unpaired) electrons. The summed E-state index contributed by atoms with van der Waals surface area (Å²) in [6.07, 6.45) is 0. The molecule has 0 aliphatic carbocycles. The van der Waals surface area contributed by atoms with E-state index in [0.717, 1.165) is 28.1 Å². The highest BCUT2D eigenvalue weighted by molar-refractivity contribution is 5.77. The first-order valence-electron chi connectivity index (χ1n) is 7.50. The Hall–Kier alpha value is -3.02. The van der Waals surface area contributed by atoms with Gasteiger partial charge in [-0.25, -0.2) is 9.97 Å². The van der Waals surface area contributed by atoms with Gasteiger partial charge in [-0.05, 0) is 24.3 Å². The van der Waals surface area contributed by atoms with Gasteiger partial charge in [0.2, 0.25) is 0 Å². The van der Waals surface area contributed by atoms with Crippen LogP contribution in [0.2, 0.25) is 0 Å². The van der Waals surface area contributed by atoms with Crippen molar-refractivity contribution in [2.75, 3.05) is 26.6 Å². The minimum atomic E-state index is 0.459. The predicted molar refractivity (Wildman–Crippen MR) is 93.0 cm³/mol. The fraction of sp³-hybridized carbons (Fsp3) is 0.222. The van der Waals surface area contributed by atoms with Gasteiger partial charge >= 0.3 is 0 Å². The summed E-state index contributed by atoms with van der Waals surface area (Å²) in [5.41, 5.74) is 2.58. The average molecular weight is 325 g/mol. The molecule has 1 N–H and O–H groups in total. The Bertz CT molecular complexity index is 852. The van der Waals surface area contributed by atoms with E-state index in [0.29, 0.717) is 18.2 Å². The first-order chi connectivity index (χ1) is 11.7. The lowest BCUT2D eigenvalue weighted by atomic mass is 10.2. The van der Waals surface area contributed by atoms with E-state index in [-0.39, 0.29) is 0 Å². The molecule has 1 heterocycles. The number of hydrogen-bond donors (Lipinski definition) is 1. The molecule has 6 heteroatoms. The molecule has 0 unspecified atom stereocenters. The van der Waals surface area contributed by atoms with Crippen LogP contribution in [0.5, 0.6) is 17.4 Å². The van der Waals surface area contributed by atoms with Gasteiger partial charge in [0.25, 0.3) is 5.88 Å². The molecular weight excluding hydrogens is 306 g/mol. The van der Waals surface area contributed by atoms with Gasteiger partial charge in [0.15, 0.2) is 5.82 Å². The van der Waals surface area contributed by atoms with Gasteiger partial charge < -0.3 is 19.5 Å². The number of benzene rings is 2. The minimum absolute atomic E-state index is 0.459. The zero-order valence-electron chi connectivity index (χ0n) is 13.9. The molecule has 2 aromatic carbocycles. The quantitative estimate of drug-likeness (QED) is 0.750.